The van der Waals surface area contributed by atoms with E-state index in [-0.39, 0.29) is 24.1 Å². The summed E-state index contributed by atoms with van der Waals surface area (Å²) >= 11 is 1.46. The topological polar surface area (TPSA) is 77.8 Å². The monoisotopic (exact) mass is 394 g/mol. The number of hydrogen-bond donors (Lipinski definition) is 1. The number of aryl methyl sites for hydroxylation is 2. The van der Waals surface area contributed by atoms with Crippen LogP contribution in [0.1, 0.15) is 36.0 Å². The molecule has 1 unspecified atom stereocenters. The second-order valence-electron chi connectivity index (χ2n) is 6.66. The lowest BCUT2D eigenvalue weighted by Gasteiger charge is -2.09. The van der Waals surface area contributed by atoms with Crippen LogP contribution in [0.4, 0.5) is 0 Å². The van der Waals surface area contributed by atoms with Gasteiger partial charge in [0.15, 0.2) is 5.17 Å². The molecule has 1 aromatic carbocycles. The Morgan fingerprint density at radius 3 is 2.81 bits per heavy atom. The molecule has 2 aromatic rings. The number of nitrogens with zero attached hydrogens (tertiary/aromatic N) is 1. The van der Waals surface area contributed by atoms with Gasteiger partial charge in [-0.25, -0.2) is 4.79 Å². The molecule has 2 N–H and O–H groups in total. The highest BCUT2D eigenvalue weighted by atomic mass is 35.5. The fraction of sp³-hybridized carbons (Fsp3) is 0.474. The van der Waals surface area contributed by atoms with Gasteiger partial charge in [-0.05, 0) is 60.9 Å². The molecule has 0 amide bonds. The second-order valence-corrected chi connectivity index (χ2v) is 7.66. The Kier molecular flexibility index (Phi) is 6.27. The molecule has 5 nitrogen and oxygen atoms in total. The van der Waals surface area contributed by atoms with E-state index in [9.17, 15) is 4.79 Å². The van der Waals surface area contributed by atoms with E-state index in [4.69, 9.17) is 14.9 Å². The molecule has 0 radical (unpaired) electrons. The lowest BCUT2D eigenvalue weighted by Crippen LogP contribution is -2.14. The van der Waals surface area contributed by atoms with Gasteiger partial charge in [0.1, 0.15) is 5.58 Å². The molecule has 1 aliphatic carbocycles. The Hall–Kier alpha value is -1.50. The number of hydrogen-bond acceptors (Lipinski definition) is 5. The van der Waals surface area contributed by atoms with E-state index in [2.05, 4.69) is 11.1 Å². The maximum Gasteiger partial charge on any atom is 0.336 e. The first-order valence-electron chi connectivity index (χ1n) is 8.82. The standard InChI is InChI=1S/C19H22N2O3S.ClH/c20-19(21-10-15-5-2-6-23-15)25-11-14-9-18(22)24-17-8-13-4-1-3-12(13)7-16(14)17;/h7-9,15H,1-6,10-11H2,(H2,20,21);1H. The van der Waals surface area contributed by atoms with Gasteiger partial charge in [0.25, 0.3) is 0 Å². The van der Waals surface area contributed by atoms with Crippen molar-refractivity contribution in [2.75, 3.05) is 13.2 Å². The van der Waals surface area contributed by atoms with E-state index in [1.807, 2.05) is 6.07 Å². The summed E-state index contributed by atoms with van der Waals surface area (Å²) in [5, 5.41) is 1.55. The van der Waals surface area contributed by atoms with Crippen LogP contribution in [0.2, 0.25) is 0 Å². The number of thioether (sulfide) groups is 1. The third-order valence-corrected chi connectivity index (χ3v) is 5.77. The summed E-state index contributed by atoms with van der Waals surface area (Å²) in [4.78, 5) is 16.3. The van der Waals surface area contributed by atoms with Crippen molar-refractivity contribution in [2.24, 2.45) is 10.7 Å². The van der Waals surface area contributed by atoms with Crippen molar-refractivity contribution in [3.05, 3.63) is 45.3 Å². The summed E-state index contributed by atoms with van der Waals surface area (Å²) in [6.07, 6.45) is 5.69. The van der Waals surface area contributed by atoms with Gasteiger partial charge in [-0.2, -0.15) is 0 Å². The molecule has 0 saturated carbocycles. The van der Waals surface area contributed by atoms with E-state index in [0.29, 0.717) is 23.0 Å². The lowest BCUT2D eigenvalue weighted by molar-refractivity contribution is 0.118. The number of ether oxygens (including phenoxy) is 1. The molecule has 7 heteroatoms. The summed E-state index contributed by atoms with van der Waals surface area (Å²) in [5.41, 5.74) is 10.0. The SMILES string of the molecule is Cl.NC(=NCC1CCCO1)SCc1cc(=O)oc2cc3c(cc12)CCC3. The molecule has 1 saturated heterocycles. The van der Waals surface area contributed by atoms with E-state index in [0.717, 1.165) is 43.2 Å². The van der Waals surface area contributed by atoms with E-state index < -0.39 is 0 Å². The zero-order valence-electron chi connectivity index (χ0n) is 14.5. The second kappa shape index (κ2) is 8.46. The molecule has 2 aliphatic rings. The van der Waals surface area contributed by atoms with Crippen LogP contribution < -0.4 is 11.4 Å². The summed E-state index contributed by atoms with van der Waals surface area (Å²) in [6.45, 7) is 1.44. The van der Waals surface area contributed by atoms with Crippen LogP contribution in [0, 0.1) is 0 Å². The average molecular weight is 395 g/mol. The van der Waals surface area contributed by atoms with Gasteiger partial charge in [0.05, 0.1) is 12.6 Å². The molecule has 140 valence electrons. The minimum Gasteiger partial charge on any atom is -0.423 e. The molecule has 4 rings (SSSR count). The highest BCUT2D eigenvalue weighted by Gasteiger charge is 2.16. The Labute approximate surface area is 162 Å². The Bertz CT molecular complexity index is 875. The van der Waals surface area contributed by atoms with Crippen molar-refractivity contribution in [1.29, 1.82) is 0 Å². The average Bonchev–Trinajstić information content (AvgIpc) is 3.27. The smallest absolute Gasteiger partial charge is 0.336 e. The molecule has 0 spiro atoms. The van der Waals surface area contributed by atoms with Gasteiger partial charge in [-0.3, -0.25) is 4.99 Å². The van der Waals surface area contributed by atoms with Crippen LogP contribution in [0.3, 0.4) is 0 Å². The third kappa shape index (κ3) is 4.24. The van der Waals surface area contributed by atoms with Crippen molar-refractivity contribution >= 4 is 40.3 Å². The van der Waals surface area contributed by atoms with Crippen LogP contribution in [0.5, 0.6) is 0 Å². The number of benzene rings is 1. The Balaban J connectivity index is 0.00000196. The van der Waals surface area contributed by atoms with Crippen LogP contribution in [-0.4, -0.2) is 24.4 Å². The largest absolute Gasteiger partial charge is 0.423 e. The van der Waals surface area contributed by atoms with Crippen LogP contribution >= 0.6 is 24.2 Å². The minimum atomic E-state index is -0.309. The number of aliphatic imine (C=N–C) groups is 1. The van der Waals surface area contributed by atoms with E-state index in [1.54, 1.807) is 6.07 Å². The third-order valence-electron chi connectivity index (χ3n) is 4.89. The number of fused-ring (bicyclic) bond motifs is 2. The van der Waals surface area contributed by atoms with E-state index >= 15 is 0 Å². The van der Waals surface area contributed by atoms with Crippen molar-refractivity contribution < 1.29 is 9.15 Å². The number of nitrogens with two attached hydrogens (primary N) is 1. The maximum absolute atomic E-state index is 11.9. The molecule has 2 heterocycles. The van der Waals surface area contributed by atoms with Crippen LogP contribution in [-0.2, 0) is 23.3 Å². The first-order chi connectivity index (χ1) is 12.2. The fourth-order valence-electron chi connectivity index (χ4n) is 3.59. The Morgan fingerprint density at radius 2 is 2.04 bits per heavy atom. The quantitative estimate of drug-likeness (QED) is 0.488. The van der Waals surface area contributed by atoms with Gasteiger partial charge >= 0.3 is 5.63 Å². The highest BCUT2D eigenvalue weighted by Crippen LogP contribution is 2.29. The van der Waals surface area contributed by atoms with Gasteiger partial charge in [-0.15, -0.1) is 12.4 Å². The van der Waals surface area contributed by atoms with Gasteiger partial charge in [-0.1, -0.05) is 11.8 Å². The maximum atomic E-state index is 11.9. The molecular weight excluding hydrogens is 372 g/mol. The zero-order valence-corrected chi connectivity index (χ0v) is 16.2. The summed E-state index contributed by atoms with van der Waals surface area (Å²) in [5.74, 6) is 0.613. The predicted octanol–water partition coefficient (Wildman–Crippen LogP) is 3.43. The van der Waals surface area contributed by atoms with Crippen molar-refractivity contribution in [2.45, 2.75) is 44.0 Å². The van der Waals surface area contributed by atoms with Gasteiger partial charge < -0.3 is 14.9 Å². The van der Waals surface area contributed by atoms with E-state index in [1.165, 1.54) is 29.3 Å². The molecule has 0 bridgehead atoms. The number of rotatable bonds is 4. The lowest BCUT2D eigenvalue weighted by atomic mass is 10.0. The van der Waals surface area contributed by atoms with Gasteiger partial charge in [0, 0.05) is 23.8 Å². The highest BCUT2D eigenvalue weighted by molar-refractivity contribution is 8.13. The summed E-state index contributed by atoms with van der Waals surface area (Å²) < 4.78 is 11.0. The normalized spacial score (nSPS) is 19.5. The first-order valence-corrected chi connectivity index (χ1v) is 9.80. The van der Waals surface area contributed by atoms with Gasteiger partial charge in [0.2, 0.25) is 0 Å². The van der Waals surface area contributed by atoms with Crippen molar-refractivity contribution in [1.82, 2.24) is 0 Å². The minimum absolute atomic E-state index is 0. The molecule has 1 atom stereocenters. The predicted molar refractivity (Wildman–Crippen MR) is 109 cm³/mol. The molecule has 26 heavy (non-hydrogen) atoms. The molecule has 1 aromatic heterocycles. The van der Waals surface area contributed by atoms with Crippen LogP contribution in [0.15, 0.2) is 32.4 Å². The Morgan fingerprint density at radius 1 is 1.23 bits per heavy atom. The summed E-state index contributed by atoms with van der Waals surface area (Å²) in [6, 6.07) is 5.78. The fourth-order valence-corrected chi connectivity index (χ4v) is 4.30. The zero-order chi connectivity index (χ0) is 17.2. The number of amidine groups is 1. The summed E-state index contributed by atoms with van der Waals surface area (Å²) in [7, 11) is 0. The molecular formula is C19H23ClN2O3S. The van der Waals surface area contributed by atoms with Crippen molar-refractivity contribution in [3.63, 3.8) is 0 Å². The first kappa shape index (κ1) is 19.3. The number of halogens is 1. The van der Waals surface area contributed by atoms with Crippen molar-refractivity contribution in [3.8, 4) is 0 Å². The molecule has 1 aliphatic heterocycles. The molecule has 1 fully saturated rings. The van der Waals surface area contributed by atoms with Crippen LogP contribution in [0.25, 0.3) is 11.0 Å².